The van der Waals surface area contributed by atoms with Crippen LogP contribution >= 0.6 is 0 Å². The molecule has 0 amide bonds. The van der Waals surface area contributed by atoms with Crippen molar-refractivity contribution < 1.29 is 9.31 Å². The van der Waals surface area contributed by atoms with Gasteiger partial charge in [-0.25, -0.2) is 4.98 Å². The fourth-order valence-electron chi connectivity index (χ4n) is 2.95. The molecule has 0 spiro atoms. The number of hydrogen-bond donors (Lipinski definition) is 0. The third kappa shape index (κ3) is 2.41. The van der Waals surface area contributed by atoms with Gasteiger partial charge in [0.2, 0.25) is 5.82 Å². The lowest BCUT2D eigenvalue weighted by molar-refractivity contribution is -0.387. The molecule has 6 heteroatoms. The zero-order valence-electron chi connectivity index (χ0n) is 11.8. The number of nitro benzene ring substituents is 1. The number of fused-ring (bicyclic) bond motifs is 1. The summed E-state index contributed by atoms with van der Waals surface area (Å²) in [7, 11) is 0. The van der Waals surface area contributed by atoms with Gasteiger partial charge in [0, 0.05) is 17.3 Å². The normalized spacial score (nSPS) is 14.0. The number of nitro groups is 1. The number of nitrogens with zero attached hydrogens (tertiary/aromatic N) is 3. The molecule has 1 aliphatic carbocycles. The fourth-order valence-corrected chi connectivity index (χ4v) is 2.95. The van der Waals surface area contributed by atoms with Crippen LogP contribution < -0.4 is 0 Å². The predicted octanol–water partition coefficient (Wildman–Crippen LogP) is 3.17. The first-order valence-corrected chi connectivity index (χ1v) is 7.04. The van der Waals surface area contributed by atoms with Crippen LogP contribution in [0.4, 0.5) is 10.1 Å². The molecule has 0 aliphatic heterocycles. The molecule has 1 aromatic carbocycles. The molecule has 1 heterocycles. The Morgan fingerprint density at radius 3 is 2.90 bits per heavy atom. The highest BCUT2D eigenvalue weighted by Gasteiger charge is 2.21. The molecule has 1 aromatic heterocycles. The van der Waals surface area contributed by atoms with E-state index < -0.39 is 16.4 Å². The fraction of sp³-hybridized carbons (Fsp3) is 0.400. The largest absolute Gasteiger partial charge is 0.327 e. The molecule has 0 N–H and O–H groups in total. The zero-order valence-corrected chi connectivity index (χ0v) is 11.8. The Labute approximate surface area is 121 Å². The van der Waals surface area contributed by atoms with E-state index in [4.69, 9.17) is 0 Å². The van der Waals surface area contributed by atoms with Gasteiger partial charge in [0.05, 0.1) is 17.2 Å². The monoisotopic (exact) mass is 289 g/mol. The van der Waals surface area contributed by atoms with Crippen molar-refractivity contribution in [1.82, 2.24) is 9.55 Å². The molecule has 0 radical (unpaired) electrons. The lowest BCUT2D eigenvalue weighted by Gasteiger charge is -2.15. The maximum atomic E-state index is 14.2. The van der Waals surface area contributed by atoms with Crippen LogP contribution in [0.1, 0.15) is 35.6 Å². The number of aryl methyl sites for hydroxylation is 2. The SMILES string of the molecule is Cc1nc2c(n1Cc1cccc([N+](=O)[O-])c1F)CCCC2. The molecular weight excluding hydrogens is 273 g/mol. The van der Waals surface area contributed by atoms with Crippen molar-refractivity contribution in [2.24, 2.45) is 0 Å². The van der Waals surface area contributed by atoms with Gasteiger partial charge in [-0.2, -0.15) is 4.39 Å². The van der Waals surface area contributed by atoms with Crippen LogP contribution in [0.25, 0.3) is 0 Å². The van der Waals surface area contributed by atoms with Crippen LogP contribution in [0.3, 0.4) is 0 Å². The summed E-state index contributed by atoms with van der Waals surface area (Å²) < 4.78 is 16.2. The van der Waals surface area contributed by atoms with Crippen molar-refractivity contribution in [2.45, 2.75) is 39.2 Å². The molecule has 110 valence electrons. The Hall–Kier alpha value is -2.24. The summed E-state index contributed by atoms with van der Waals surface area (Å²) in [6.07, 6.45) is 4.14. The maximum Gasteiger partial charge on any atom is 0.305 e. The standard InChI is InChI=1S/C15H16FN3O2/c1-10-17-12-6-2-3-7-13(12)18(10)9-11-5-4-8-14(15(11)16)19(20)21/h4-5,8H,2-3,6-7,9H2,1H3. The number of benzene rings is 1. The van der Waals surface area contributed by atoms with Crippen LogP contribution in [-0.4, -0.2) is 14.5 Å². The van der Waals surface area contributed by atoms with Gasteiger partial charge < -0.3 is 4.57 Å². The Morgan fingerprint density at radius 1 is 1.38 bits per heavy atom. The maximum absolute atomic E-state index is 14.2. The minimum absolute atomic E-state index is 0.293. The first-order valence-electron chi connectivity index (χ1n) is 7.04. The number of hydrogen-bond acceptors (Lipinski definition) is 3. The highest BCUT2D eigenvalue weighted by molar-refractivity contribution is 5.37. The van der Waals surface area contributed by atoms with Crippen LogP contribution in [-0.2, 0) is 19.4 Å². The highest BCUT2D eigenvalue weighted by atomic mass is 19.1. The molecule has 0 atom stereocenters. The third-order valence-corrected chi connectivity index (χ3v) is 4.01. The molecule has 1 aliphatic rings. The zero-order chi connectivity index (χ0) is 15.0. The van der Waals surface area contributed by atoms with E-state index in [0.29, 0.717) is 12.1 Å². The molecule has 0 saturated carbocycles. The Bertz CT molecular complexity index is 709. The third-order valence-electron chi connectivity index (χ3n) is 4.01. The molecule has 21 heavy (non-hydrogen) atoms. The number of rotatable bonds is 3. The summed E-state index contributed by atoms with van der Waals surface area (Å²) in [5.41, 5.74) is 2.09. The van der Waals surface area contributed by atoms with Crippen LogP contribution in [0.15, 0.2) is 18.2 Å². The molecule has 5 nitrogen and oxygen atoms in total. The summed E-state index contributed by atoms with van der Waals surface area (Å²) in [4.78, 5) is 14.7. The molecule has 0 saturated heterocycles. The minimum atomic E-state index is -0.750. The summed E-state index contributed by atoms with van der Waals surface area (Å²) in [6, 6.07) is 4.31. The van der Waals surface area contributed by atoms with Crippen molar-refractivity contribution in [3.63, 3.8) is 0 Å². The molecule has 0 unspecified atom stereocenters. The van der Waals surface area contributed by atoms with Gasteiger partial charge in [-0.05, 0) is 32.6 Å². The molecule has 3 rings (SSSR count). The number of aromatic nitrogens is 2. The van der Waals surface area contributed by atoms with Crippen LogP contribution in [0.2, 0.25) is 0 Å². The highest BCUT2D eigenvalue weighted by Crippen LogP contribution is 2.25. The van der Waals surface area contributed by atoms with Gasteiger partial charge in [0.1, 0.15) is 5.82 Å². The quantitative estimate of drug-likeness (QED) is 0.644. The first-order chi connectivity index (χ1) is 10.1. The Kier molecular flexibility index (Phi) is 3.45. The van der Waals surface area contributed by atoms with E-state index in [1.54, 1.807) is 6.07 Å². The Morgan fingerprint density at radius 2 is 2.14 bits per heavy atom. The van der Waals surface area contributed by atoms with Gasteiger partial charge >= 0.3 is 5.69 Å². The van der Waals surface area contributed by atoms with E-state index in [9.17, 15) is 14.5 Å². The second kappa shape index (κ2) is 5.27. The van der Waals surface area contributed by atoms with Crippen molar-refractivity contribution in [3.8, 4) is 0 Å². The van der Waals surface area contributed by atoms with Crippen molar-refractivity contribution in [2.75, 3.05) is 0 Å². The molecule has 0 fully saturated rings. The van der Waals surface area contributed by atoms with Gasteiger partial charge in [0.25, 0.3) is 0 Å². The molecule has 2 aromatic rings. The van der Waals surface area contributed by atoms with E-state index >= 15 is 0 Å². The van der Waals surface area contributed by atoms with Gasteiger partial charge in [-0.15, -0.1) is 0 Å². The van der Waals surface area contributed by atoms with Crippen molar-refractivity contribution in [3.05, 3.63) is 56.9 Å². The predicted molar refractivity (Wildman–Crippen MR) is 75.8 cm³/mol. The Balaban J connectivity index is 2.00. The second-order valence-corrected chi connectivity index (χ2v) is 5.35. The average Bonchev–Trinajstić information content (AvgIpc) is 2.77. The van der Waals surface area contributed by atoms with Crippen LogP contribution in [0, 0.1) is 22.9 Å². The van der Waals surface area contributed by atoms with Gasteiger partial charge in [-0.3, -0.25) is 10.1 Å². The number of halogens is 1. The van der Waals surface area contributed by atoms with E-state index in [0.717, 1.165) is 42.9 Å². The van der Waals surface area contributed by atoms with E-state index in [1.807, 2.05) is 11.5 Å². The molecular formula is C15H16FN3O2. The number of imidazole rings is 1. The topological polar surface area (TPSA) is 61.0 Å². The van der Waals surface area contributed by atoms with Crippen LogP contribution in [0.5, 0.6) is 0 Å². The lowest BCUT2D eigenvalue weighted by atomic mass is 10.0. The lowest BCUT2D eigenvalue weighted by Crippen LogP contribution is -2.11. The van der Waals surface area contributed by atoms with Gasteiger partial charge in [-0.1, -0.05) is 12.1 Å². The smallest absolute Gasteiger partial charge is 0.305 e. The minimum Gasteiger partial charge on any atom is -0.327 e. The van der Waals surface area contributed by atoms with Gasteiger partial charge in [0.15, 0.2) is 0 Å². The second-order valence-electron chi connectivity index (χ2n) is 5.35. The average molecular weight is 289 g/mol. The molecule has 0 bridgehead atoms. The first kappa shape index (κ1) is 13.7. The summed E-state index contributed by atoms with van der Waals surface area (Å²) in [5.74, 6) is 0.0907. The van der Waals surface area contributed by atoms with Crippen molar-refractivity contribution >= 4 is 5.69 Å². The van der Waals surface area contributed by atoms with E-state index in [1.165, 1.54) is 12.1 Å². The summed E-state index contributed by atoms with van der Waals surface area (Å²) in [6.45, 7) is 2.19. The van der Waals surface area contributed by atoms with E-state index in [2.05, 4.69) is 4.98 Å². The van der Waals surface area contributed by atoms with E-state index in [-0.39, 0.29) is 0 Å². The summed E-state index contributed by atoms with van der Waals surface area (Å²) >= 11 is 0. The summed E-state index contributed by atoms with van der Waals surface area (Å²) in [5, 5.41) is 10.8. The van der Waals surface area contributed by atoms with Crippen molar-refractivity contribution in [1.29, 1.82) is 0 Å².